The van der Waals surface area contributed by atoms with Crippen LogP contribution >= 0.6 is 0 Å². The van der Waals surface area contributed by atoms with Crippen molar-refractivity contribution in [2.24, 2.45) is 35.5 Å². The smallest absolute Gasteiger partial charge is 0.309 e. The van der Waals surface area contributed by atoms with Gasteiger partial charge in [-0.05, 0) is 71.6 Å². The van der Waals surface area contributed by atoms with Gasteiger partial charge in [0.2, 0.25) is 0 Å². The van der Waals surface area contributed by atoms with Crippen LogP contribution in [0, 0.1) is 35.5 Å². The van der Waals surface area contributed by atoms with E-state index < -0.39 is 64.9 Å². The molecule has 5 saturated heterocycles. The van der Waals surface area contributed by atoms with E-state index in [2.05, 4.69) is 27.7 Å². The number of esters is 1. The first kappa shape index (κ1) is 37.9. The van der Waals surface area contributed by atoms with Gasteiger partial charge in [0.05, 0.1) is 53.7 Å². The van der Waals surface area contributed by atoms with Crippen molar-refractivity contribution in [2.45, 2.75) is 186 Å². The molecule has 5 rings (SSSR count). The molecule has 5 aliphatic rings. The third-order valence-corrected chi connectivity index (χ3v) is 12.9. The molecule has 17 atom stereocenters. The van der Waals surface area contributed by atoms with E-state index in [1.54, 1.807) is 13.8 Å². The van der Waals surface area contributed by atoms with E-state index in [9.17, 15) is 24.9 Å². The van der Waals surface area contributed by atoms with Gasteiger partial charge < -0.3 is 43.7 Å². The van der Waals surface area contributed by atoms with Gasteiger partial charge in [-0.3, -0.25) is 9.59 Å². The molecule has 0 aromatic carbocycles. The fourth-order valence-electron chi connectivity index (χ4n) is 9.55. The molecular weight excluding hydrogens is 620 g/mol. The molecule has 5 heterocycles. The lowest BCUT2D eigenvalue weighted by atomic mass is 9.78. The first-order valence-corrected chi connectivity index (χ1v) is 18.5. The van der Waals surface area contributed by atoms with E-state index in [4.69, 9.17) is 28.4 Å². The van der Waals surface area contributed by atoms with E-state index in [0.29, 0.717) is 12.8 Å². The molecular formula is C37H62O11. The second-order valence-corrected chi connectivity index (χ2v) is 16.8. The minimum atomic E-state index is -1.18. The van der Waals surface area contributed by atoms with Crippen LogP contribution in [0.3, 0.4) is 0 Å². The number of aliphatic hydroxyl groups excluding tert-OH is 1. The Hall–Kier alpha value is -1.34. The lowest BCUT2D eigenvalue weighted by Crippen LogP contribution is -2.57. The number of hydrogen-bond acceptors (Lipinski definition) is 10. The van der Waals surface area contributed by atoms with Crippen molar-refractivity contribution < 1.29 is 53.3 Å². The summed E-state index contributed by atoms with van der Waals surface area (Å²) in [4.78, 5) is 24.3. The van der Waals surface area contributed by atoms with Crippen LogP contribution in [0.2, 0.25) is 0 Å². The number of aliphatic hydroxyl groups is 2. The lowest BCUT2D eigenvalue weighted by Gasteiger charge is -2.48. The monoisotopic (exact) mass is 682 g/mol. The van der Waals surface area contributed by atoms with Crippen molar-refractivity contribution in [3.05, 3.63) is 0 Å². The standard InChI is InChI=1S/C37H62O11/c1-11-28(39)44-30(24(7)33(40)41)23(6)31-22(5)25(38)18-37(47-31)15-14-34(8,48-37)27-12-13-35(9,45-27)32-20(3)17-26(43-32)29-19(2)16-21(4)36(10,42)46-29/h19-27,29-32,38,42H,11-18H2,1-10H3,(H,40,41). The number of ether oxygens (including phenoxy) is 6. The highest BCUT2D eigenvalue weighted by Gasteiger charge is 2.61. The Morgan fingerprint density at radius 2 is 1.62 bits per heavy atom. The number of carbonyl (C=O) groups is 2. The van der Waals surface area contributed by atoms with Crippen LogP contribution in [0.5, 0.6) is 0 Å². The average Bonchev–Trinajstić information content (AvgIpc) is 3.71. The Morgan fingerprint density at radius 1 is 0.938 bits per heavy atom. The van der Waals surface area contributed by atoms with Crippen molar-refractivity contribution in [1.82, 2.24) is 0 Å². The Kier molecular flexibility index (Phi) is 10.8. The molecule has 5 aliphatic heterocycles. The second kappa shape index (κ2) is 13.7. The summed E-state index contributed by atoms with van der Waals surface area (Å²) in [6.07, 6.45) is 2.01. The zero-order valence-electron chi connectivity index (χ0n) is 30.8. The molecule has 1 spiro atoms. The van der Waals surface area contributed by atoms with Crippen LogP contribution in [0.1, 0.15) is 121 Å². The van der Waals surface area contributed by atoms with E-state index in [1.165, 1.54) is 6.92 Å². The zero-order valence-corrected chi connectivity index (χ0v) is 30.8. The lowest BCUT2D eigenvalue weighted by molar-refractivity contribution is -0.335. The molecule has 5 fully saturated rings. The molecule has 17 unspecified atom stereocenters. The molecule has 48 heavy (non-hydrogen) atoms. The van der Waals surface area contributed by atoms with Gasteiger partial charge >= 0.3 is 11.9 Å². The van der Waals surface area contributed by atoms with E-state index in [1.807, 2.05) is 20.8 Å². The highest BCUT2D eigenvalue weighted by atomic mass is 16.7. The van der Waals surface area contributed by atoms with Crippen molar-refractivity contribution in [2.75, 3.05) is 0 Å². The van der Waals surface area contributed by atoms with Crippen LogP contribution in [0.25, 0.3) is 0 Å². The van der Waals surface area contributed by atoms with Gasteiger partial charge in [0.25, 0.3) is 0 Å². The van der Waals surface area contributed by atoms with Gasteiger partial charge in [-0.1, -0.05) is 41.5 Å². The van der Waals surface area contributed by atoms with Gasteiger partial charge in [-0.15, -0.1) is 0 Å². The van der Waals surface area contributed by atoms with Gasteiger partial charge in [0, 0.05) is 37.0 Å². The summed E-state index contributed by atoms with van der Waals surface area (Å²) in [5, 5.41) is 32.0. The molecule has 11 nitrogen and oxygen atoms in total. The molecule has 3 N–H and O–H groups in total. The summed E-state index contributed by atoms with van der Waals surface area (Å²) in [6.45, 7) is 19.3. The fraction of sp³-hybridized carbons (Fsp3) is 0.946. The minimum absolute atomic E-state index is 0.0505. The maximum absolute atomic E-state index is 12.3. The van der Waals surface area contributed by atoms with Crippen LogP contribution < -0.4 is 0 Å². The maximum atomic E-state index is 12.3. The predicted octanol–water partition coefficient (Wildman–Crippen LogP) is 5.22. The quantitative estimate of drug-likeness (QED) is 0.275. The molecule has 0 aromatic heterocycles. The van der Waals surface area contributed by atoms with Crippen molar-refractivity contribution in [1.29, 1.82) is 0 Å². The molecule has 276 valence electrons. The summed E-state index contributed by atoms with van der Waals surface area (Å²) in [5.74, 6) is -5.01. The molecule has 0 bridgehead atoms. The normalized spacial score (nSPS) is 49.9. The summed E-state index contributed by atoms with van der Waals surface area (Å²) in [5.41, 5.74) is -1.21. The first-order chi connectivity index (χ1) is 22.2. The Labute approximate surface area is 286 Å². The topological polar surface area (TPSA) is 150 Å². The van der Waals surface area contributed by atoms with Gasteiger partial charge in [-0.25, -0.2) is 0 Å². The van der Waals surface area contributed by atoms with Crippen molar-refractivity contribution in [3.8, 4) is 0 Å². The number of carboxylic acids is 1. The minimum Gasteiger partial charge on any atom is -0.481 e. The number of carbonyl (C=O) groups excluding carboxylic acids is 1. The number of carboxylic acid groups (broad SMARTS) is 1. The summed E-state index contributed by atoms with van der Waals surface area (Å²) < 4.78 is 39.3. The largest absolute Gasteiger partial charge is 0.481 e. The van der Waals surface area contributed by atoms with Crippen molar-refractivity contribution >= 4 is 11.9 Å². The van der Waals surface area contributed by atoms with Gasteiger partial charge in [0.15, 0.2) is 11.6 Å². The molecule has 0 amide bonds. The van der Waals surface area contributed by atoms with Gasteiger partial charge in [0.1, 0.15) is 6.10 Å². The maximum Gasteiger partial charge on any atom is 0.309 e. The summed E-state index contributed by atoms with van der Waals surface area (Å²) in [6, 6.07) is 0. The van der Waals surface area contributed by atoms with Crippen LogP contribution in [-0.2, 0) is 38.0 Å². The average molecular weight is 683 g/mol. The van der Waals surface area contributed by atoms with Gasteiger partial charge in [-0.2, -0.15) is 0 Å². The molecule has 0 aliphatic carbocycles. The zero-order chi connectivity index (χ0) is 35.6. The van der Waals surface area contributed by atoms with E-state index in [0.717, 1.165) is 25.7 Å². The highest BCUT2D eigenvalue weighted by molar-refractivity contribution is 5.72. The molecule has 0 radical (unpaired) electrons. The van der Waals surface area contributed by atoms with E-state index >= 15 is 0 Å². The van der Waals surface area contributed by atoms with Crippen molar-refractivity contribution in [3.63, 3.8) is 0 Å². The van der Waals surface area contributed by atoms with E-state index in [-0.39, 0.29) is 60.9 Å². The van der Waals surface area contributed by atoms with Crippen LogP contribution in [-0.4, -0.2) is 92.8 Å². The fourth-order valence-corrected chi connectivity index (χ4v) is 9.55. The number of hydrogen-bond donors (Lipinski definition) is 3. The van der Waals surface area contributed by atoms with Crippen LogP contribution in [0.4, 0.5) is 0 Å². The second-order valence-electron chi connectivity index (χ2n) is 16.8. The summed E-state index contributed by atoms with van der Waals surface area (Å²) in [7, 11) is 0. The third-order valence-electron chi connectivity index (χ3n) is 12.9. The first-order valence-electron chi connectivity index (χ1n) is 18.5. The molecule has 11 heteroatoms. The number of aliphatic carboxylic acids is 1. The predicted molar refractivity (Wildman–Crippen MR) is 176 cm³/mol. The summed E-state index contributed by atoms with van der Waals surface area (Å²) >= 11 is 0. The molecule has 0 saturated carbocycles. The SMILES string of the molecule is CCC(=O)OC(C(C)C(=O)O)C(C)C1OC2(CCC(C)(C3CCC(C)(C4OC(C5OC(C)(O)C(C)CC5C)CC4C)O3)O2)CC(O)C1C. The van der Waals surface area contributed by atoms with Crippen LogP contribution in [0.15, 0.2) is 0 Å². The number of rotatable bonds is 9. The molecule has 0 aromatic rings. The third kappa shape index (κ3) is 7.08. The Balaban J connectivity index is 1.27. The Morgan fingerprint density at radius 3 is 2.27 bits per heavy atom. The highest BCUT2D eigenvalue weighted by Crippen LogP contribution is 2.54. The Bertz CT molecular complexity index is 1180.